The van der Waals surface area contributed by atoms with Crippen LogP contribution in [0.2, 0.25) is 0 Å². The van der Waals surface area contributed by atoms with Crippen LogP contribution < -0.4 is 4.90 Å². The summed E-state index contributed by atoms with van der Waals surface area (Å²) in [5.41, 5.74) is 0.943. The van der Waals surface area contributed by atoms with Crippen molar-refractivity contribution in [2.45, 2.75) is 13.3 Å². The third-order valence-corrected chi connectivity index (χ3v) is 3.18. The lowest BCUT2D eigenvalue weighted by Crippen LogP contribution is -2.23. The first-order valence-corrected chi connectivity index (χ1v) is 6.32. The van der Waals surface area contributed by atoms with E-state index in [1.54, 1.807) is 24.5 Å². The van der Waals surface area contributed by atoms with Gasteiger partial charge in [-0.25, -0.2) is 0 Å². The number of anilines is 1. The van der Waals surface area contributed by atoms with E-state index >= 15 is 0 Å². The van der Waals surface area contributed by atoms with Crippen molar-refractivity contribution < 1.29 is 4.92 Å². The normalized spacial score (nSPS) is 10.2. The maximum atomic E-state index is 11.1. The van der Waals surface area contributed by atoms with Gasteiger partial charge in [-0.05, 0) is 19.1 Å². The van der Waals surface area contributed by atoms with Crippen LogP contribution in [0.1, 0.15) is 13.3 Å². The number of nitro benzene ring substituents is 1. The molecule has 0 saturated heterocycles. The number of fused-ring (bicyclic) bond motifs is 1. The molecule has 2 rings (SSSR count). The van der Waals surface area contributed by atoms with Crippen LogP contribution in [0.4, 0.5) is 11.4 Å². The van der Waals surface area contributed by atoms with Gasteiger partial charge < -0.3 is 4.90 Å². The summed E-state index contributed by atoms with van der Waals surface area (Å²) in [6.07, 6.45) is 3.59. The highest BCUT2D eigenvalue weighted by Gasteiger charge is 2.16. The summed E-state index contributed by atoms with van der Waals surface area (Å²) in [7, 11) is 0. The zero-order valence-corrected chi connectivity index (χ0v) is 11.1. The van der Waals surface area contributed by atoms with Crippen molar-refractivity contribution >= 4 is 22.1 Å². The Kier molecular flexibility index (Phi) is 4.11. The van der Waals surface area contributed by atoms with Crippen molar-refractivity contribution in [1.29, 1.82) is 5.26 Å². The number of nitriles is 1. The fourth-order valence-corrected chi connectivity index (χ4v) is 2.23. The quantitative estimate of drug-likeness (QED) is 0.616. The molecule has 0 amide bonds. The van der Waals surface area contributed by atoms with E-state index in [4.69, 9.17) is 5.26 Å². The number of hydrogen-bond donors (Lipinski definition) is 0. The first-order chi connectivity index (χ1) is 9.69. The molecule has 0 saturated carbocycles. The third-order valence-electron chi connectivity index (χ3n) is 3.18. The molecule has 1 aromatic heterocycles. The second-order valence-corrected chi connectivity index (χ2v) is 4.27. The van der Waals surface area contributed by atoms with Gasteiger partial charge in [0.25, 0.3) is 5.69 Å². The van der Waals surface area contributed by atoms with Gasteiger partial charge in [0.05, 0.1) is 22.8 Å². The van der Waals surface area contributed by atoms with Crippen LogP contribution in [-0.2, 0) is 0 Å². The van der Waals surface area contributed by atoms with E-state index < -0.39 is 4.92 Å². The minimum atomic E-state index is -0.391. The largest absolute Gasteiger partial charge is 0.370 e. The predicted octanol–water partition coefficient (Wildman–Crippen LogP) is 2.88. The lowest BCUT2D eigenvalue weighted by molar-refractivity contribution is -0.383. The first kappa shape index (κ1) is 13.7. The van der Waals surface area contributed by atoms with E-state index in [-0.39, 0.29) is 5.69 Å². The van der Waals surface area contributed by atoms with Crippen molar-refractivity contribution in [3.63, 3.8) is 0 Å². The summed E-state index contributed by atoms with van der Waals surface area (Å²) in [4.78, 5) is 16.8. The summed E-state index contributed by atoms with van der Waals surface area (Å²) < 4.78 is 0. The molecule has 0 bridgehead atoms. The summed E-state index contributed by atoms with van der Waals surface area (Å²) >= 11 is 0. The van der Waals surface area contributed by atoms with Crippen LogP contribution in [0.25, 0.3) is 10.8 Å². The predicted molar refractivity (Wildman–Crippen MR) is 76.5 cm³/mol. The van der Waals surface area contributed by atoms with Gasteiger partial charge in [0.2, 0.25) is 0 Å². The highest BCUT2D eigenvalue weighted by atomic mass is 16.6. The molecule has 0 aliphatic rings. The molecule has 6 heteroatoms. The number of pyridine rings is 1. The van der Waals surface area contributed by atoms with Crippen molar-refractivity contribution in [2.24, 2.45) is 0 Å². The number of hydrogen-bond acceptors (Lipinski definition) is 5. The fraction of sp³-hybridized carbons (Fsp3) is 0.286. The molecule has 2 aromatic rings. The highest BCUT2D eigenvalue weighted by Crippen LogP contribution is 2.32. The zero-order chi connectivity index (χ0) is 14.5. The first-order valence-electron chi connectivity index (χ1n) is 6.32. The molecule has 0 atom stereocenters. The third kappa shape index (κ3) is 2.52. The molecule has 0 N–H and O–H groups in total. The Morgan fingerprint density at radius 3 is 2.85 bits per heavy atom. The average Bonchev–Trinajstić information content (AvgIpc) is 2.47. The molecule has 1 aromatic carbocycles. The Hall–Kier alpha value is -2.68. The molecular formula is C14H14N4O2. The summed E-state index contributed by atoms with van der Waals surface area (Å²) in [6, 6.07) is 6.99. The van der Waals surface area contributed by atoms with Gasteiger partial charge in [0, 0.05) is 42.6 Å². The van der Waals surface area contributed by atoms with Crippen molar-refractivity contribution in [1.82, 2.24) is 4.98 Å². The minimum Gasteiger partial charge on any atom is -0.370 e. The Labute approximate surface area is 116 Å². The molecule has 0 spiro atoms. The van der Waals surface area contributed by atoms with E-state index in [1.165, 1.54) is 6.07 Å². The Balaban J connectivity index is 2.58. The van der Waals surface area contributed by atoms with Crippen LogP contribution in [0.5, 0.6) is 0 Å². The number of nitro groups is 1. The van der Waals surface area contributed by atoms with Crippen LogP contribution in [0.15, 0.2) is 30.6 Å². The number of rotatable bonds is 5. The number of aromatic nitrogens is 1. The van der Waals surface area contributed by atoms with Crippen LogP contribution in [-0.4, -0.2) is 23.0 Å². The maximum absolute atomic E-state index is 11.1. The monoisotopic (exact) mass is 270 g/mol. The Morgan fingerprint density at radius 2 is 2.20 bits per heavy atom. The van der Waals surface area contributed by atoms with Gasteiger partial charge in [-0.3, -0.25) is 15.1 Å². The van der Waals surface area contributed by atoms with E-state index in [2.05, 4.69) is 11.1 Å². The second-order valence-electron chi connectivity index (χ2n) is 4.27. The Bertz CT molecular complexity index is 678. The second kappa shape index (κ2) is 5.97. The molecule has 0 aliphatic heterocycles. The van der Waals surface area contributed by atoms with E-state index in [9.17, 15) is 10.1 Å². The topological polar surface area (TPSA) is 83.1 Å². The zero-order valence-electron chi connectivity index (χ0n) is 11.1. The van der Waals surface area contributed by atoms with Gasteiger partial charge in [-0.15, -0.1) is 0 Å². The van der Waals surface area contributed by atoms with Gasteiger partial charge >= 0.3 is 0 Å². The van der Waals surface area contributed by atoms with Gasteiger partial charge in [-0.2, -0.15) is 5.26 Å². The average molecular weight is 270 g/mol. The lowest BCUT2D eigenvalue weighted by atomic mass is 10.1. The maximum Gasteiger partial charge on any atom is 0.277 e. The number of nitrogens with zero attached hydrogens (tertiary/aromatic N) is 4. The smallest absolute Gasteiger partial charge is 0.277 e. The molecule has 102 valence electrons. The lowest BCUT2D eigenvalue weighted by Gasteiger charge is -2.23. The molecule has 6 nitrogen and oxygen atoms in total. The molecule has 0 unspecified atom stereocenters. The van der Waals surface area contributed by atoms with Crippen LogP contribution in [0, 0.1) is 21.4 Å². The number of non-ortho nitro benzene ring substituents is 1. The highest BCUT2D eigenvalue weighted by molar-refractivity contribution is 5.99. The molecule has 0 fully saturated rings. The van der Waals surface area contributed by atoms with E-state index in [0.29, 0.717) is 18.4 Å². The minimum absolute atomic E-state index is 0.0717. The standard InChI is InChI=1S/C14H14N4O2/c1-2-17(9-3-7-15)13-4-5-14(18(19)20)11-6-8-16-10-12(11)13/h4-6,8,10H,2-3,9H2,1H3. The summed E-state index contributed by atoms with van der Waals surface area (Å²) in [5, 5.41) is 21.1. The fourth-order valence-electron chi connectivity index (χ4n) is 2.23. The van der Waals surface area contributed by atoms with Crippen molar-refractivity contribution in [3.8, 4) is 6.07 Å². The van der Waals surface area contributed by atoms with Crippen LogP contribution >= 0.6 is 0 Å². The van der Waals surface area contributed by atoms with E-state index in [0.717, 1.165) is 17.6 Å². The van der Waals surface area contributed by atoms with Gasteiger partial charge in [-0.1, -0.05) is 0 Å². The van der Waals surface area contributed by atoms with Gasteiger partial charge in [0.1, 0.15) is 0 Å². The van der Waals surface area contributed by atoms with E-state index in [1.807, 2.05) is 11.8 Å². The van der Waals surface area contributed by atoms with Crippen molar-refractivity contribution in [3.05, 3.63) is 40.7 Å². The molecular weight excluding hydrogens is 256 g/mol. The van der Waals surface area contributed by atoms with Crippen molar-refractivity contribution in [2.75, 3.05) is 18.0 Å². The van der Waals surface area contributed by atoms with Crippen LogP contribution in [0.3, 0.4) is 0 Å². The van der Waals surface area contributed by atoms with Gasteiger partial charge in [0.15, 0.2) is 0 Å². The summed E-state index contributed by atoms with van der Waals surface area (Å²) in [6.45, 7) is 3.30. The molecule has 0 radical (unpaired) electrons. The molecule has 20 heavy (non-hydrogen) atoms. The summed E-state index contributed by atoms with van der Waals surface area (Å²) in [5.74, 6) is 0. The molecule has 0 aliphatic carbocycles. The number of benzene rings is 1. The Morgan fingerprint density at radius 1 is 1.40 bits per heavy atom. The SMILES string of the molecule is CCN(CCC#N)c1ccc([N+](=O)[O-])c2ccncc12. The molecule has 1 heterocycles.